The van der Waals surface area contributed by atoms with Crippen LogP contribution in [0.2, 0.25) is 0 Å². The zero-order valence-electron chi connectivity index (χ0n) is 17.1. The SMILES string of the molecule is CC(=O)N1c2ccc(S(=O)(=O)N3C[C@H]4C[C@@H](C3)c3cccc(=O)n3C4)cc2C[C@@H]1C. The van der Waals surface area contributed by atoms with Gasteiger partial charge in [-0.2, -0.15) is 4.31 Å². The van der Waals surface area contributed by atoms with Crippen molar-refractivity contribution in [2.75, 3.05) is 18.0 Å². The maximum atomic E-state index is 13.5. The van der Waals surface area contributed by atoms with Crippen molar-refractivity contribution >= 4 is 21.6 Å². The lowest BCUT2D eigenvalue weighted by Gasteiger charge is -2.42. The first-order valence-corrected chi connectivity index (χ1v) is 11.8. The maximum Gasteiger partial charge on any atom is 0.250 e. The van der Waals surface area contributed by atoms with Crippen molar-refractivity contribution in [3.05, 3.63) is 58.0 Å². The summed E-state index contributed by atoms with van der Waals surface area (Å²) in [6.45, 7) is 4.88. The molecule has 3 aliphatic heterocycles. The van der Waals surface area contributed by atoms with E-state index in [-0.39, 0.29) is 34.2 Å². The van der Waals surface area contributed by atoms with Crippen LogP contribution in [-0.4, -0.2) is 42.3 Å². The number of amides is 1. The second-order valence-electron chi connectivity index (χ2n) is 8.75. The lowest BCUT2D eigenvalue weighted by Crippen LogP contribution is -2.49. The Bertz CT molecular complexity index is 1200. The topological polar surface area (TPSA) is 79.7 Å². The van der Waals surface area contributed by atoms with E-state index in [1.165, 1.54) is 6.92 Å². The minimum atomic E-state index is -3.65. The molecule has 8 heteroatoms. The molecule has 4 heterocycles. The third kappa shape index (κ3) is 2.93. The number of pyridine rings is 1. The second-order valence-corrected chi connectivity index (χ2v) is 10.7. The van der Waals surface area contributed by atoms with Crippen LogP contribution in [-0.2, 0) is 27.8 Å². The molecule has 1 aromatic carbocycles. The van der Waals surface area contributed by atoms with Crippen LogP contribution in [0.5, 0.6) is 0 Å². The van der Waals surface area contributed by atoms with Crippen LogP contribution in [0, 0.1) is 5.92 Å². The van der Waals surface area contributed by atoms with E-state index in [9.17, 15) is 18.0 Å². The molecule has 2 aromatic rings. The van der Waals surface area contributed by atoms with Gasteiger partial charge < -0.3 is 9.47 Å². The fourth-order valence-electron chi connectivity index (χ4n) is 5.45. The monoisotopic (exact) mass is 427 g/mol. The largest absolute Gasteiger partial charge is 0.312 e. The summed E-state index contributed by atoms with van der Waals surface area (Å²) in [5.74, 6) is 0.132. The van der Waals surface area contributed by atoms with Gasteiger partial charge >= 0.3 is 0 Å². The Labute approximate surface area is 176 Å². The Morgan fingerprint density at radius 1 is 1.10 bits per heavy atom. The standard InChI is InChI=1S/C22H25N3O4S/c1-14-8-17-10-19(6-7-21(17)25(14)15(2)26)30(28,29)23-11-16-9-18(13-23)20-4-3-5-22(27)24(20)12-16/h3-7,10,14,16,18H,8-9,11-13H2,1-2H3/t14-,16+,18-/m0/s1. The van der Waals surface area contributed by atoms with Crippen LogP contribution in [0.4, 0.5) is 5.69 Å². The summed E-state index contributed by atoms with van der Waals surface area (Å²) in [7, 11) is -3.65. The van der Waals surface area contributed by atoms with E-state index >= 15 is 0 Å². The third-order valence-electron chi connectivity index (χ3n) is 6.69. The van der Waals surface area contributed by atoms with Crippen LogP contribution in [0.1, 0.15) is 37.4 Å². The zero-order valence-corrected chi connectivity index (χ0v) is 17.9. The van der Waals surface area contributed by atoms with E-state index in [1.807, 2.05) is 13.0 Å². The highest BCUT2D eigenvalue weighted by molar-refractivity contribution is 7.89. The van der Waals surface area contributed by atoms with Crippen molar-refractivity contribution in [2.45, 2.75) is 50.1 Å². The van der Waals surface area contributed by atoms with Crippen molar-refractivity contribution in [1.82, 2.24) is 8.87 Å². The molecule has 0 N–H and O–H groups in total. The molecule has 1 saturated heterocycles. The van der Waals surface area contributed by atoms with Gasteiger partial charge in [0.25, 0.3) is 5.56 Å². The normalized spacial score (nSPS) is 25.7. The van der Waals surface area contributed by atoms with Crippen molar-refractivity contribution in [3.8, 4) is 0 Å². The van der Waals surface area contributed by atoms with E-state index in [4.69, 9.17) is 0 Å². The molecule has 0 radical (unpaired) electrons. The van der Waals surface area contributed by atoms with E-state index in [1.54, 1.807) is 44.1 Å². The number of rotatable bonds is 2. The smallest absolute Gasteiger partial charge is 0.250 e. The van der Waals surface area contributed by atoms with Crippen LogP contribution in [0.3, 0.4) is 0 Å². The van der Waals surface area contributed by atoms with E-state index in [2.05, 4.69) is 0 Å². The molecular weight excluding hydrogens is 402 g/mol. The second kappa shape index (κ2) is 6.78. The minimum Gasteiger partial charge on any atom is -0.312 e. The first-order chi connectivity index (χ1) is 14.3. The van der Waals surface area contributed by atoms with Gasteiger partial charge in [-0.15, -0.1) is 0 Å². The van der Waals surface area contributed by atoms with Gasteiger partial charge in [0, 0.05) is 56.0 Å². The molecule has 0 unspecified atom stereocenters. The van der Waals surface area contributed by atoms with Gasteiger partial charge in [-0.05, 0) is 55.5 Å². The summed E-state index contributed by atoms with van der Waals surface area (Å²) >= 11 is 0. The highest BCUT2D eigenvalue weighted by Gasteiger charge is 2.40. The number of nitrogens with zero attached hydrogens (tertiary/aromatic N) is 3. The quantitative estimate of drug-likeness (QED) is 0.734. The number of sulfonamides is 1. The van der Waals surface area contributed by atoms with Gasteiger partial charge in [-0.25, -0.2) is 8.42 Å². The van der Waals surface area contributed by atoms with Crippen molar-refractivity contribution in [3.63, 3.8) is 0 Å². The van der Waals surface area contributed by atoms with Crippen molar-refractivity contribution < 1.29 is 13.2 Å². The molecule has 5 rings (SSSR count). The fraction of sp³-hybridized carbons (Fsp3) is 0.455. The highest BCUT2D eigenvalue weighted by atomic mass is 32.2. The van der Waals surface area contributed by atoms with E-state index in [0.29, 0.717) is 26.1 Å². The van der Waals surface area contributed by atoms with Gasteiger partial charge in [0.05, 0.1) is 4.90 Å². The molecule has 2 bridgehead atoms. The van der Waals surface area contributed by atoms with Crippen LogP contribution >= 0.6 is 0 Å². The van der Waals surface area contributed by atoms with Crippen LogP contribution in [0.25, 0.3) is 0 Å². The molecule has 3 atom stereocenters. The fourth-order valence-corrected chi connectivity index (χ4v) is 7.06. The number of benzene rings is 1. The van der Waals surface area contributed by atoms with E-state index < -0.39 is 10.0 Å². The number of anilines is 1. The molecule has 0 saturated carbocycles. The Morgan fingerprint density at radius 3 is 2.67 bits per heavy atom. The Kier molecular flexibility index (Phi) is 4.41. The molecule has 158 valence electrons. The Hall–Kier alpha value is -2.45. The Balaban J connectivity index is 1.47. The lowest BCUT2D eigenvalue weighted by molar-refractivity contribution is -0.116. The number of hydrogen-bond acceptors (Lipinski definition) is 4. The number of carbonyl (C=O) groups is 1. The van der Waals surface area contributed by atoms with Gasteiger partial charge in [-0.3, -0.25) is 9.59 Å². The number of aromatic nitrogens is 1. The average Bonchev–Trinajstić information content (AvgIpc) is 3.03. The minimum absolute atomic E-state index is 0.0127. The molecule has 3 aliphatic rings. The van der Waals surface area contributed by atoms with Gasteiger partial charge in [0.2, 0.25) is 15.9 Å². The molecule has 30 heavy (non-hydrogen) atoms. The predicted octanol–water partition coefficient (Wildman–Crippen LogP) is 1.95. The molecule has 1 amide bonds. The van der Waals surface area contributed by atoms with Crippen LogP contribution in [0.15, 0.2) is 46.1 Å². The zero-order chi connectivity index (χ0) is 21.2. The van der Waals surface area contributed by atoms with E-state index in [0.717, 1.165) is 23.4 Å². The summed E-state index contributed by atoms with van der Waals surface area (Å²) in [6.07, 6.45) is 1.56. The summed E-state index contributed by atoms with van der Waals surface area (Å²) in [6, 6.07) is 10.4. The summed E-state index contributed by atoms with van der Waals surface area (Å²) in [5, 5.41) is 0. The van der Waals surface area contributed by atoms with Crippen molar-refractivity contribution in [2.24, 2.45) is 5.92 Å². The molecule has 7 nitrogen and oxygen atoms in total. The first-order valence-electron chi connectivity index (χ1n) is 10.4. The highest BCUT2D eigenvalue weighted by Crippen LogP contribution is 2.39. The summed E-state index contributed by atoms with van der Waals surface area (Å²) < 4.78 is 30.3. The average molecular weight is 428 g/mol. The molecule has 1 aromatic heterocycles. The summed E-state index contributed by atoms with van der Waals surface area (Å²) in [5.41, 5.74) is 2.62. The molecule has 0 spiro atoms. The van der Waals surface area contributed by atoms with Gasteiger partial charge in [0.15, 0.2) is 0 Å². The third-order valence-corrected chi connectivity index (χ3v) is 8.52. The Morgan fingerprint density at radius 2 is 1.90 bits per heavy atom. The van der Waals surface area contributed by atoms with Crippen molar-refractivity contribution in [1.29, 1.82) is 0 Å². The molecule has 0 aliphatic carbocycles. The van der Waals surface area contributed by atoms with Gasteiger partial charge in [0.1, 0.15) is 0 Å². The predicted molar refractivity (Wildman–Crippen MR) is 113 cm³/mol. The first kappa shape index (κ1) is 19.5. The summed E-state index contributed by atoms with van der Waals surface area (Å²) in [4.78, 5) is 26.2. The number of hydrogen-bond donors (Lipinski definition) is 0. The molecule has 1 fully saturated rings. The number of piperidine rings is 1. The molecular formula is C22H25N3O4S. The maximum absolute atomic E-state index is 13.5. The van der Waals surface area contributed by atoms with Gasteiger partial charge in [-0.1, -0.05) is 6.07 Å². The lowest BCUT2D eigenvalue weighted by atomic mass is 9.84. The number of fused-ring (bicyclic) bond motifs is 5. The number of carbonyl (C=O) groups excluding carboxylic acids is 1. The van der Waals surface area contributed by atoms with Crippen LogP contribution < -0.4 is 10.5 Å².